The number of aryl methyl sites for hydroxylation is 1. The number of rotatable bonds is 8. The number of carbonyl (C=O) groups excluding carboxylic acids is 1. The van der Waals surface area contributed by atoms with Crippen LogP contribution in [0.4, 0.5) is 29.2 Å². The van der Waals surface area contributed by atoms with E-state index >= 15 is 0 Å². The number of aromatic nitrogens is 2. The third kappa shape index (κ3) is 5.94. The highest BCUT2D eigenvalue weighted by Crippen LogP contribution is 2.32. The van der Waals surface area contributed by atoms with Crippen LogP contribution in [-0.4, -0.2) is 29.0 Å². The van der Waals surface area contributed by atoms with Crippen LogP contribution in [0.3, 0.4) is 0 Å². The maximum Gasteiger partial charge on any atom is 0.573 e. The van der Waals surface area contributed by atoms with Crippen LogP contribution in [-0.2, 0) is 16.0 Å². The number of hydrogen-bond acceptors (Lipinski definition) is 5. The van der Waals surface area contributed by atoms with E-state index in [4.69, 9.17) is 9.72 Å². The number of halogens is 4. The molecule has 1 atom stereocenters. The zero-order valence-electron chi connectivity index (χ0n) is 19.5. The highest BCUT2D eigenvalue weighted by Gasteiger charge is 2.31. The van der Waals surface area contributed by atoms with E-state index < -0.39 is 6.36 Å². The van der Waals surface area contributed by atoms with Crippen LogP contribution in [0, 0.1) is 5.82 Å². The molecule has 0 amide bonds. The Hall–Kier alpha value is -4.08. The van der Waals surface area contributed by atoms with E-state index in [2.05, 4.69) is 10.1 Å². The van der Waals surface area contributed by atoms with Gasteiger partial charge in [0.2, 0.25) is 5.95 Å². The van der Waals surface area contributed by atoms with E-state index in [0.29, 0.717) is 23.6 Å². The number of anilines is 2. The second-order valence-electron chi connectivity index (χ2n) is 8.13. The Morgan fingerprint density at radius 1 is 1.06 bits per heavy atom. The molecule has 4 aromatic rings. The summed E-state index contributed by atoms with van der Waals surface area (Å²) in [5.74, 6) is -0.560. The first-order valence-corrected chi connectivity index (χ1v) is 11.1. The second kappa shape index (κ2) is 10.3. The van der Waals surface area contributed by atoms with Gasteiger partial charge in [-0.3, -0.25) is 4.79 Å². The molecule has 1 N–H and O–H groups in total. The van der Waals surface area contributed by atoms with Crippen molar-refractivity contribution in [1.82, 2.24) is 9.55 Å². The normalized spacial score (nSPS) is 12.4. The maximum atomic E-state index is 13.5. The maximum absolute atomic E-state index is 13.5. The van der Waals surface area contributed by atoms with Crippen LogP contribution < -0.4 is 10.1 Å². The standard InChI is InChI=1S/C26H23F4N3O3/c1-16(18-5-7-19(27)8-6-18)33-23-13-3-17(4-14-24(34)35-2)15-22(23)32-25(33)31-20-9-11-21(12-10-20)36-26(28,29)30/h3,5-13,15-16H,4,14H2,1-2H3,(H,31,32). The Kier molecular flexibility index (Phi) is 7.14. The van der Waals surface area contributed by atoms with Crippen LogP contribution in [0.25, 0.3) is 11.0 Å². The number of imidazole rings is 1. The number of carbonyl (C=O) groups is 1. The summed E-state index contributed by atoms with van der Waals surface area (Å²) in [6.45, 7) is 1.94. The molecule has 0 saturated carbocycles. The minimum absolute atomic E-state index is 0.228. The van der Waals surface area contributed by atoms with Gasteiger partial charge in [-0.2, -0.15) is 0 Å². The quantitative estimate of drug-likeness (QED) is 0.220. The summed E-state index contributed by atoms with van der Waals surface area (Å²) in [6, 6.07) is 16.8. The zero-order chi connectivity index (χ0) is 25.9. The van der Waals surface area contributed by atoms with Crippen molar-refractivity contribution in [3.8, 4) is 5.75 Å². The van der Waals surface area contributed by atoms with Gasteiger partial charge in [-0.15, -0.1) is 13.2 Å². The third-order valence-corrected chi connectivity index (χ3v) is 5.68. The minimum Gasteiger partial charge on any atom is -0.469 e. The van der Waals surface area contributed by atoms with Gasteiger partial charge in [-0.05, 0) is 73.0 Å². The number of esters is 1. The molecule has 36 heavy (non-hydrogen) atoms. The Bertz CT molecular complexity index is 1350. The monoisotopic (exact) mass is 501 g/mol. The molecule has 1 heterocycles. The molecule has 3 aromatic carbocycles. The van der Waals surface area contributed by atoms with Crippen molar-refractivity contribution < 1.29 is 31.8 Å². The molecule has 0 fully saturated rings. The van der Waals surface area contributed by atoms with Crippen molar-refractivity contribution in [2.75, 3.05) is 12.4 Å². The van der Waals surface area contributed by atoms with E-state index in [9.17, 15) is 22.4 Å². The molecule has 10 heteroatoms. The van der Waals surface area contributed by atoms with Gasteiger partial charge in [0.05, 0.1) is 24.2 Å². The van der Waals surface area contributed by atoms with Crippen LogP contribution in [0.2, 0.25) is 0 Å². The molecule has 0 saturated heterocycles. The van der Waals surface area contributed by atoms with Gasteiger partial charge in [0.25, 0.3) is 0 Å². The molecule has 0 bridgehead atoms. The SMILES string of the molecule is COC(=O)CCc1ccc2c(c1)nc(Nc1ccc(OC(F)(F)F)cc1)n2C(C)c1ccc(F)cc1. The Morgan fingerprint density at radius 2 is 1.75 bits per heavy atom. The lowest BCUT2D eigenvalue weighted by Gasteiger charge is -2.19. The number of fused-ring (bicyclic) bond motifs is 1. The molecule has 0 spiro atoms. The predicted molar refractivity (Wildman–Crippen MR) is 127 cm³/mol. The molecule has 6 nitrogen and oxygen atoms in total. The fraction of sp³-hybridized carbons (Fsp3) is 0.231. The first kappa shape index (κ1) is 25.0. The average Bonchev–Trinajstić information content (AvgIpc) is 3.19. The van der Waals surface area contributed by atoms with Gasteiger partial charge in [0, 0.05) is 12.1 Å². The van der Waals surface area contributed by atoms with Crippen molar-refractivity contribution in [1.29, 1.82) is 0 Å². The smallest absolute Gasteiger partial charge is 0.469 e. The summed E-state index contributed by atoms with van der Waals surface area (Å²) >= 11 is 0. The first-order chi connectivity index (χ1) is 17.1. The molecule has 1 unspecified atom stereocenters. The Morgan fingerprint density at radius 3 is 2.39 bits per heavy atom. The van der Waals surface area contributed by atoms with Gasteiger partial charge < -0.3 is 19.4 Å². The molecule has 0 aliphatic heterocycles. The lowest BCUT2D eigenvalue weighted by molar-refractivity contribution is -0.274. The molecule has 1 aromatic heterocycles. The fourth-order valence-corrected chi connectivity index (χ4v) is 3.89. The summed E-state index contributed by atoms with van der Waals surface area (Å²) in [5, 5.41) is 3.16. The largest absolute Gasteiger partial charge is 0.573 e. The van der Waals surface area contributed by atoms with Gasteiger partial charge in [-0.25, -0.2) is 9.37 Å². The number of hydrogen-bond donors (Lipinski definition) is 1. The number of methoxy groups -OCH3 is 1. The Labute approximate surface area is 204 Å². The van der Waals surface area contributed by atoms with Gasteiger partial charge in [0.1, 0.15) is 11.6 Å². The molecule has 0 aliphatic rings. The number of ether oxygens (including phenoxy) is 2. The Balaban J connectivity index is 1.70. The van der Waals surface area contributed by atoms with E-state index in [1.54, 1.807) is 12.1 Å². The van der Waals surface area contributed by atoms with Crippen molar-refractivity contribution in [3.05, 3.63) is 83.7 Å². The van der Waals surface area contributed by atoms with Crippen LogP contribution >= 0.6 is 0 Å². The molecule has 0 radical (unpaired) electrons. The number of nitrogens with one attached hydrogen (secondary N) is 1. The summed E-state index contributed by atoms with van der Waals surface area (Å²) in [5.41, 5.74) is 3.67. The van der Waals surface area contributed by atoms with Crippen LogP contribution in [0.15, 0.2) is 66.7 Å². The van der Waals surface area contributed by atoms with Gasteiger partial charge >= 0.3 is 12.3 Å². The van der Waals surface area contributed by atoms with E-state index in [1.165, 1.54) is 43.5 Å². The highest BCUT2D eigenvalue weighted by atomic mass is 19.4. The van der Waals surface area contributed by atoms with E-state index in [-0.39, 0.29) is 30.0 Å². The summed E-state index contributed by atoms with van der Waals surface area (Å²) < 4.78 is 61.5. The average molecular weight is 501 g/mol. The van der Waals surface area contributed by atoms with Crippen molar-refractivity contribution >= 4 is 28.6 Å². The summed E-state index contributed by atoms with van der Waals surface area (Å²) in [7, 11) is 1.34. The summed E-state index contributed by atoms with van der Waals surface area (Å²) in [4.78, 5) is 16.2. The van der Waals surface area contributed by atoms with Gasteiger partial charge in [0.15, 0.2) is 0 Å². The lowest BCUT2D eigenvalue weighted by atomic mass is 10.1. The highest BCUT2D eigenvalue weighted by molar-refractivity contribution is 5.81. The van der Waals surface area contributed by atoms with Gasteiger partial charge in [-0.1, -0.05) is 18.2 Å². The summed E-state index contributed by atoms with van der Waals surface area (Å²) in [6.07, 6.45) is -4.07. The van der Waals surface area contributed by atoms with Crippen LogP contribution in [0.5, 0.6) is 5.75 Å². The minimum atomic E-state index is -4.78. The van der Waals surface area contributed by atoms with Crippen molar-refractivity contribution in [3.63, 3.8) is 0 Å². The second-order valence-corrected chi connectivity index (χ2v) is 8.13. The predicted octanol–water partition coefficient (Wildman–Crippen LogP) is 6.53. The number of alkyl halides is 3. The lowest BCUT2D eigenvalue weighted by Crippen LogP contribution is -2.17. The van der Waals surface area contributed by atoms with Crippen LogP contribution in [0.1, 0.15) is 30.5 Å². The third-order valence-electron chi connectivity index (χ3n) is 5.68. The molecular weight excluding hydrogens is 478 g/mol. The van der Waals surface area contributed by atoms with E-state index in [0.717, 1.165) is 16.6 Å². The number of benzene rings is 3. The zero-order valence-corrected chi connectivity index (χ0v) is 19.5. The fourth-order valence-electron chi connectivity index (χ4n) is 3.89. The number of nitrogens with zero attached hydrogens (tertiary/aromatic N) is 2. The topological polar surface area (TPSA) is 65.4 Å². The molecule has 4 rings (SSSR count). The van der Waals surface area contributed by atoms with Crippen molar-refractivity contribution in [2.24, 2.45) is 0 Å². The molecular formula is C26H23F4N3O3. The molecule has 188 valence electrons. The van der Waals surface area contributed by atoms with Crippen molar-refractivity contribution in [2.45, 2.75) is 32.2 Å². The molecule has 0 aliphatic carbocycles. The van der Waals surface area contributed by atoms with E-state index in [1.807, 2.05) is 29.7 Å². The first-order valence-electron chi connectivity index (χ1n) is 11.1.